The summed E-state index contributed by atoms with van der Waals surface area (Å²) >= 11 is 0. The van der Waals surface area contributed by atoms with Crippen LogP contribution in [0.1, 0.15) is 72.1 Å². The number of hydrogen-bond acceptors (Lipinski definition) is 2. The first-order chi connectivity index (χ1) is 9.91. The van der Waals surface area contributed by atoms with Gasteiger partial charge in [-0.15, -0.1) is 0 Å². The topological polar surface area (TPSA) is 41.1 Å². The van der Waals surface area contributed by atoms with Gasteiger partial charge in [0, 0.05) is 24.5 Å². The molecule has 2 N–H and O–H groups in total. The molecule has 21 heavy (non-hydrogen) atoms. The number of carbonyl (C=O) groups excluding carboxylic acids is 1. The molecule has 2 aliphatic heterocycles. The summed E-state index contributed by atoms with van der Waals surface area (Å²) in [6, 6.07) is 1.79. The molecule has 3 heteroatoms. The molecule has 1 saturated carbocycles. The molecule has 1 amide bonds. The minimum Gasteiger partial charge on any atom is -0.353 e. The first-order valence-corrected chi connectivity index (χ1v) is 8.97. The van der Waals surface area contributed by atoms with E-state index in [0.29, 0.717) is 41.3 Å². The third-order valence-electron chi connectivity index (χ3n) is 6.08. The lowest BCUT2D eigenvalue weighted by Crippen LogP contribution is -2.46. The van der Waals surface area contributed by atoms with Crippen LogP contribution in [0.2, 0.25) is 0 Å². The monoisotopic (exact) mass is 292 g/mol. The Balaban J connectivity index is 1.46. The third-order valence-corrected chi connectivity index (χ3v) is 6.08. The fourth-order valence-corrected chi connectivity index (χ4v) is 5.03. The van der Waals surface area contributed by atoms with Crippen molar-refractivity contribution in [2.24, 2.45) is 17.3 Å². The molecule has 0 spiro atoms. The highest BCUT2D eigenvalue weighted by molar-refractivity contribution is 5.76. The lowest BCUT2D eigenvalue weighted by atomic mass is 9.70. The number of amides is 1. The Morgan fingerprint density at radius 2 is 1.86 bits per heavy atom. The predicted octanol–water partition coefficient (Wildman–Crippen LogP) is 3.24. The van der Waals surface area contributed by atoms with Crippen molar-refractivity contribution in [3.63, 3.8) is 0 Å². The molecule has 120 valence electrons. The van der Waals surface area contributed by atoms with E-state index in [1.165, 1.54) is 38.5 Å². The lowest BCUT2D eigenvalue weighted by molar-refractivity contribution is -0.123. The smallest absolute Gasteiger partial charge is 0.220 e. The van der Waals surface area contributed by atoms with Crippen LogP contribution >= 0.6 is 0 Å². The van der Waals surface area contributed by atoms with E-state index in [1.54, 1.807) is 0 Å². The SMILES string of the molecule is CC1CC(C)(C)CCC1NC(=O)CC1CC2CCC(C1)N2. The van der Waals surface area contributed by atoms with Gasteiger partial charge in [0.1, 0.15) is 0 Å². The number of fused-ring (bicyclic) bond motifs is 2. The Morgan fingerprint density at radius 1 is 1.19 bits per heavy atom. The maximum atomic E-state index is 12.4. The largest absolute Gasteiger partial charge is 0.353 e. The minimum atomic E-state index is 0.304. The van der Waals surface area contributed by atoms with Gasteiger partial charge in [-0.25, -0.2) is 0 Å². The molecule has 4 atom stereocenters. The van der Waals surface area contributed by atoms with Gasteiger partial charge in [-0.05, 0) is 62.2 Å². The van der Waals surface area contributed by atoms with Gasteiger partial charge in [0.2, 0.25) is 5.91 Å². The van der Waals surface area contributed by atoms with Crippen LogP contribution in [-0.2, 0) is 4.79 Å². The van der Waals surface area contributed by atoms with Gasteiger partial charge in [-0.2, -0.15) is 0 Å². The van der Waals surface area contributed by atoms with Gasteiger partial charge < -0.3 is 10.6 Å². The number of piperidine rings is 1. The normalized spacial score (nSPS) is 41.8. The zero-order valence-electron chi connectivity index (χ0n) is 14.0. The molecule has 4 unspecified atom stereocenters. The van der Waals surface area contributed by atoms with Crippen molar-refractivity contribution in [1.82, 2.24) is 10.6 Å². The highest BCUT2D eigenvalue weighted by Gasteiger charge is 2.36. The summed E-state index contributed by atoms with van der Waals surface area (Å²) in [6.45, 7) is 7.01. The van der Waals surface area contributed by atoms with Crippen LogP contribution < -0.4 is 10.6 Å². The molecule has 3 fully saturated rings. The van der Waals surface area contributed by atoms with E-state index < -0.39 is 0 Å². The van der Waals surface area contributed by atoms with E-state index in [0.717, 1.165) is 12.8 Å². The quantitative estimate of drug-likeness (QED) is 0.838. The number of rotatable bonds is 3. The highest BCUT2D eigenvalue weighted by Crippen LogP contribution is 2.38. The molecule has 2 saturated heterocycles. The molecule has 2 heterocycles. The summed E-state index contributed by atoms with van der Waals surface area (Å²) in [7, 11) is 0. The third kappa shape index (κ3) is 3.80. The van der Waals surface area contributed by atoms with E-state index >= 15 is 0 Å². The number of carbonyl (C=O) groups is 1. The van der Waals surface area contributed by atoms with E-state index in [2.05, 4.69) is 31.4 Å². The molecule has 0 aromatic heterocycles. The molecular formula is C18H32N2O. The zero-order chi connectivity index (χ0) is 15.0. The zero-order valence-corrected chi connectivity index (χ0v) is 14.0. The van der Waals surface area contributed by atoms with E-state index in [-0.39, 0.29) is 0 Å². The molecule has 1 aliphatic carbocycles. The maximum absolute atomic E-state index is 12.4. The van der Waals surface area contributed by atoms with Crippen molar-refractivity contribution in [2.45, 2.75) is 90.3 Å². The standard InChI is InChI=1S/C18H32N2O/c1-12-11-18(2,3)7-6-16(12)20-17(21)10-13-8-14-4-5-15(9-13)19-14/h12-16,19H,4-11H2,1-3H3,(H,20,21). The van der Waals surface area contributed by atoms with E-state index in [1.807, 2.05) is 0 Å². The molecule has 0 radical (unpaired) electrons. The van der Waals surface area contributed by atoms with Gasteiger partial charge in [-0.3, -0.25) is 4.79 Å². The predicted molar refractivity (Wildman–Crippen MR) is 86.0 cm³/mol. The molecule has 2 bridgehead atoms. The molecule has 3 rings (SSSR count). The minimum absolute atomic E-state index is 0.304. The molecular weight excluding hydrogens is 260 g/mol. The average molecular weight is 292 g/mol. The Morgan fingerprint density at radius 3 is 2.48 bits per heavy atom. The van der Waals surface area contributed by atoms with Gasteiger partial charge in [0.05, 0.1) is 0 Å². The second kappa shape index (κ2) is 5.91. The maximum Gasteiger partial charge on any atom is 0.220 e. The fraction of sp³-hybridized carbons (Fsp3) is 0.944. The second-order valence-corrected chi connectivity index (χ2v) is 8.74. The summed E-state index contributed by atoms with van der Waals surface area (Å²) in [5, 5.41) is 7.00. The van der Waals surface area contributed by atoms with E-state index in [9.17, 15) is 4.79 Å². The summed E-state index contributed by atoms with van der Waals surface area (Å²) in [4.78, 5) is 12.4. The Labute approximate surface area is 129 Å². The van der Waals surface area contributed by atoms with Crippen molar-refractivity contribution in [3.05, 3.63) is 0 Å². The summed E-state index contributed by atoms with van der Waals surface area (Å²) in [5.41, 5.74) is 0.453. The van der Waals surface area contributed by atoms with Crippen molar-refractivity contribution in [3.8, 4) is 0 Å². The summed E-state index contributed by atoms with van der Waals surface area (Å²) in [5.74, 6) is 1.53. The van der Waals surface area contributed by atoms with Crippen LogP contribution in [0.4, 0.5) is 0 Å². The lowest BCUT2D eigenvalue weighted by Gasteiger charge is -2.39. The molecule has 3 nitrogen and oxygen atoms in total. The van der Waals surface area contributed by atoms with Crippen molar-refractivity contribution in [2.75, 3.05) is 0 Å². The molecule has 0 aromatic rings. The van der Waals surface area contributed by atoms with Crippen LogP contribution in [-0.4, -0.2) is 24.0 Å². The van der Waals surface area contributed by atoms with Crippen LogP contribution in [0.15, 0.2) is 0 Å². The fourth-order valence-electron chi connectivity index (χ4n) is 5.03. The summed E-state index contributed by atoms with van der Waals surface area (Å²) < 4.78 is 0. The first-order valence-electron chi connectivity index (χ1n) is 8.97. The number of hydrogen-bond donors (Lipinski definition) is 2. The Hall–Kier alpha value is -0.570. The van der Waals surface area contributed by atoms with Crippen LogP contribution in [0.25, 0.3) is 0 Å². The van der Waals surface area contributed by atoms with Gasteiger partial charge >= 0.3 is 0 Å². The Kier molecular flexibility index (Phi) is 4.31. The summed E-state index contributed by atoms with van der Waals surface area (Å²) in [6.07, 6.45) is 9.41. The second-order valence-electron chi connectivity index (χ2n) is 8.74. The average Bonchev–Trinajstić information content (AvgIpc) is 2.72. The van der Waals surface area contributed by atoms with Crippen molar-refractivity contribution < 1.29 is 4.79 Å². The van der Waals surface area contributed by atoms with Gasteiger partial charge in [0.15, 0.2) is 0 Å². The number of nitrogens with one attached hydrogen (secondary N) is 2. The van der Waals surface area contributed by atoms with Crippen molar-refractivity contribution in [1.29, 1.82) is 0 Å². The van der Waals surface area contributed by atoms with Crippen molar-refractivity contribution >= 4 is 5.91 Å². The van der Waals surface area contributed by atoms with Gasteiger partial charge in [0.25, 0.3) is 0 Å². The highest BCUT2D eigenvalue weighted by atomic mass is 16.1. The van der Waals surface area contributed by atoms with E-state index in [4.69, 9.17) is 0 Å². The van der Waals surface area contributed by atoms with Crippen LogP contribution in [0.3, 0.4) is 0 Å². The molecule has 0 aromatic carbocycles. The first kappa shape index (κ1) is 15.3. The molecule has 3 aliphatic rings. The Bertz CT molecular complexity index is 381. The van der Waals surface area contributed by atoms with Crippen LogP contribution in [0.5, 0.6) is 0 Å². The van der Waals surface area contributed by atoms with Crippen LogP contribution in [0, 0.1) is 17.3 Å². The van der Waals surface area contributed by atoms with Gasteiger partial charge in [-0.1, -0.05) is 20.8 Å².